The van der Waals surface area contributed by atoms with E-state index >= 15 is 0 Å². The fourth-order valence-corrected chi connectivity index (χ4v) is 5.58. The first-order chi connectivity index (χ1) is 16.8. The summed E-state index contributed by atoms with van der Waals surface area (Å²) in [6.07, 6.45) is -2.06. The number of nitrogens with zero attached hydrogens (tertiary/aromatic N) is 4. The molecule has 1 aliphatic rings. The Morgan fingerprint density at radius 2 is 2.03 bits per heavy atom. The molecule has 3 aromatic heterocycles. The lowest BCUT2D eigenvalue weighted by Gasteiger charge is -2.33. The molecule has 0 aliphatic carbocycles. The maximum absolute atomic E-state index is 12.8. The zero-order valence-corrected chi connectivity index (χ0v) is 19.8. The Labute approximate surface area is 203 Å². The van der Waals surface area contributed by atoms with Crippen LogP contribution in [-0.2, 0) is 13.0 Å². The van der Waals surface area contributed by atoms with Gasteiger partial charge in [-0.2, -0.15) is 18.4 Å². The van der Waals surface area contributed by atoms with Crippen LogP contribution in [-0.4, -0.2) is 52.3 Å². The van der Waals surface area contributed by atoms with Crippen LogP contribution in [0, 0.1) is 11.3 Å². The summed E-state index contributed by atoms with van der Waals surface area (Å²) in [5, 5.41) is 14.2. The van der Waals surface area contributed by atoms with Crippen molar-refractivity contribution >= 4 is 38.3 Å². The summed E-state index contributed by atoms with van der Waals surface area (Å²) in [7, 11) is 1.64. The van der Waals surface area contributed by atoms with Gasteiger partial charge < -0.3 is 15.0 Å². The van der Waals surface area contributed by atoms with Crippen LogP contribution in [0.5, 0.6) is 5.75 Å². The molecule has 0 bridgehead atoms. The molecule has 2 N–H and O–H groups in total. The van der Waals surface area contributed by atoms with E-state index in [0.717, 1.165) is 66.0 Å². The van der Waals surface area contributed by atoms with Gasteiger partial charge >= 0.3 is 6.18 Å². The van der Waals surface area contributed by atoms with Crippen molar-refractivity contribution in [2.45, 2.75) is 38.0 Å². The summed E-state index contributed by atoms with van der Waals surface area (Å²) in [4.78, 5) is 14.7. The predicted octanol–water partition coefficient (Wildman–Crippen LogP) is 5.23. The second kappa shape index (κ2) is 9.36. The molecule has 0 amide bonds. The summed E-state index contributed by atoms with van der Waals surface area (Å²) < 4.78 is 44.0. The summed E-state index contributed by atoms with van der Waals surface area (Å²) in [6, 6.07) is 9.66. The molecule has 4 heterocycles. The molecular weight excluding hydrogens is 477 g/mol. The topological polar surface area (TPSA) is 89.9 Å². The molecule has 182 valence electrons. The van der Waals surface area contributed by atoms with E-state index in [1.54, 1.807) is 13.2 Å². The number of thiophene rings is 1. The minimum absolute atomic E-state index is 0.169. The largest absolute Gasteiger partial charge is 0.496 e. The predicted molar refractivity (Wildman–Crippen MR) is 129 cm³/mol. The van der Waals surface area contributed by atoms with Crippen LogP contribution in [0.15, 0.2) is 30.6 Å². The highest BCUT2D eigenvalue weighted by molar-refractivity contribution is 7.18. The molecule has 1 fully saturated rings. The minimum Gasteiger partial charge on any atom is -0.496 e. The van der Waals surface area contributed by atoms with Crippen LogP contribution in [0.1, 0.15) is 29.0 Å². The van der Waals surface area contributed by atoms with Crippen molar-refractivity contribution in [3.05, 3.63) is 46.7 Å². The summed E-state index contributed by atoms with van der Waals surface area (Å²) in [5.41, 5.74) is 2.44. The van der Waals surface area contributed by atoms with E-state index in [4.69, 9.17) is 10.00 Å². The second-order valence-electron chi connectivity index (χ2n) is 8.69. The standard InChI is InChI=1S/C24H23F3N6OS/c1-34-21-9-20-14(7-17(11-28)31-20)6-15(21)12-33-4-2-16(3-5-33)32-22-19-8-18(10-24(25,26)27)35-23(19)30-13-29-22/h6-9,13,16,31H,2-5,10,12H2,1H3,(H,29,30,32). The van der Waals surface area contributed by atoms with Gasteiger partial charge in [-0.05, 0) is 31.0 Å². The molecule has 1 aliphatic heterocycles. The molecule has 11 heteroatoms. The molecule has 35 heavy (non-hydrogen) atoms. The van der Waals surface area contributed by atoms with Gasteiger partial charge in [0.25, 0.3) is 0 Å². The van der Waals surface area contributed by atoms with Crippen molar-refractivity contribution in [3.63, 3.8) is 0 Å². The van der Waals surface area contributed by atoms with Crippen molar-refractivity contribution < 1.29 is 17.9 Å². The number of halogens is 3. The third kappa shape index (κ3) is 5.18. The Balaban J connectivity index is 1.24. The molecule has 0 unspecified atom stereocenters. The number of likely N-dealkylation sites (tertiary alicyclic amines) is 1. The van der Waals surface area contributed by atoms with Crippen LogP contribution in [0.4, 0.5) is 19.0 Å². The number of nitriles is 1. The highest BCUT2D eigenvalue weighted by Gasteiger charge is 2.29. The van der Waals surface area contributed by atoms with Gasteiger partial charge in [-0.15, -0.1) is 11.3 Å². The number of alkyl halides is 3. The second-order valence-corrected chi connectivity index (χ2v) is 9.80. The number of aromatic amines is 1. The Morgan fingerprint density at radius 1 is 1.23 bits per heavy atom. The first-order valence-electron chi connectivity index (χ1n) is 11.2. The highest BCUT2D eigenvalue weighted by atomic mass is 32.1. The number of H-pyrrole nitrogens is 1. The third-order valence-corrected chi connectivity index (χ3v) is 7.26. The third-order valence-electron chi connectivity index (χ3n) is 6.22. The molecule has 7 nitrogen and oxygen atoms in total. The SMILES string of the molecule is COc1cc2[nH]c(C#N)cc2cc1CN1CCC(Nc2ncnc3sc(CC(F)(F)F)cc23)CC1. The number of benzene rings is 1. The van der Waals surface area contributed by atoms with Crippen LogP contribution in [0.3, 0.4) is 0 Å². The number of methoxy groups -OCH3 is 1. The highest BCUT2D eigenvalue weighted by Crippen LogP contribution is 2.33. The van der Waals surface area contributed by atoms with Crippen molar-refractivity contribution in [3.8, 4) is 11.8 Å². The number of nitrogens with one attached hydrogen (secondary N) is 2. The number of aromatic nitrogens is 3. The van der Waals surface area contributed by atoms with Crippen molar-refractivity contribution in [2.75, 3.05) is 25.5 Å². The Kier molecular flexibility index (Phi) is 6.25. The number of piperidine rings is 1. The van der Waals surface area contributed by atoms with Crippen LogP contribution in [0.2, 0.25) is 0 Å². The van der Waals surface area contributed by atoms with Gasteiger partial charge in [0.2, 0.25) is 0 Å². The fraction of sp³-hybridized carbons (Fsp3) is 0.375. The maximum Gasteiger partial charge on any atom is 0.393 e. The Morgan fingerprint density at radius 3 is 2.74 bits per heavy atom. The molecule has 0 atom stereocenters. The molecule has 0 saturated carbocycles. The lowest BCUT2D eigenvalue weighted by Crippen LogP contribution is -2.38. The molecule has 0 spiro atoms. The van der Waals surface area contributed by atoms with Gasteiger partial charge in [0.1, 0.15) is 34.5 Å². The summed E-state index contributed by atoms with van der Waals surface area (Å²) in [6.45, 7) is 2.43. The van der Waals surface area contributed by atoms with E-state index in [1.807, 2.05) is 12.1 Å². The molecule has 1 aromatic carbocycles. The lowest BCUT2D eigenvalue weighted by molar-refractivity contribution is -0.126. The number of ether oxygens (including phenoxy) is 1. The molecule has 5 rings (SSSR count). The van der Waals surface area contributed by atoms with Crippen LogP contribution >= 0.6 is 11.3 Å². The zero-order valence-electron chi connectivity index (χ0n) is 18.9. The van der Waals surface area contributed by atoms with Gasteiger partial charge in [-0.25, -0.2) is 9.97 Å². The lowest BCUT2D eigenvalue weighted by atomic mass is 10.0. The van der Waals surface area contributed by atoms with Crippen LogP contribution in [0.25, 0.3) is 21.1 Å². The van der Waals surface area contributed by atoms with Crippen molar-refractivity contribution in [2.24, 2.45) is 0 Å². The summed E-state index contributed by atoms with van der Waals surface area (Å²) in [5.74, 6) is 1.37. The first-order valence-corrected chi connectivity index (χ1v) is 12.0. The Hall–Kier alpha value is -3.36. The van der Waals surface area contributed by atoms with E-state index in [-0.39, 0.29) is 10.9 Å². The molecular formula is C24H23F3N6OS. The molecule has 0 radical (unpaired) electrons. The van der Waals surface area contributed by atoms with E-state index in [9.17, 15) is 13.2 Å². The van der Waals surface area contributed by atoms with Gasteiger partial charge in [-0.3, -0.25) is 4.90 Å². The minimum atomic E-state index is -4.25. The van der Waals surface area contributed by atoms with Gasteiger partial charge in [-0.1, -0.05) is 0 Å². The fourth-order valence-electron chi connectivity index (χ4n) is 4.56. The number of fused-ring (bicyclic) bond motifs is 2. The smallest absolute Gasteiger partial charge is 0.393 e. The summed E-state index contributed by atoms with van der Waals surface area (Å²) >= 11 is 1.06. The molecule has 4 aromatic rings. The van der Waals surface area contributed by atoms with Crippen molar-refractivity contribution in [1.29, 1.82) is 5.26 Å². The van der Waals surface area contributed by atoms with E-state index in [2.05, 4.69) is 37.3 Å². The monoisotopic (exact) mass is 500 g/mol. The van der Waals surface area contributed by atoms with Gasteiger partial charge in [0.05, 0.1) is 24.4 Å². The average molecular weight is 501 g/mol. The molecule has 1 saturated heterocycles. The number of rotatable bonds is 6. The van der Waals surface area contributed by atoms with E-state index in [0.29, 0.717) is 21.7 Å². The van der Waals surface area contributed by atoms with E-state index in [1.165, 1.54) is 6.33 Å². The van der Waals surface area contributed by atoms with Crippen molar-refractivity contribution in [1.82, 2.24) is 19.9 Å². The van der Waals surface area contributed by atoms with Crippen LogP contribution < -0.4 is 10.1 Å². The number of hydrogen-bond donors (Lipinski definition) is 2. The zero-order chi connectivity index (χ0) is 24.6. The van der Waals surface area contributed by atoms with Gasteiger partial charge in [0, 0.05) is 47.6 Å². The normalized spacial score (nSPS) is 15.5. The first kappa shape index (κ1) is 23.4. The van der Waals surface area contributed by atoms with Gasteiger partial charge in [0.15, 0.2) is 0 Å². The number of anilines is 1. The van der Waals surface area contributed by atoms with E-state index < -0.39 is 12.6 Å². The quantitative estimate of drug-likeness (QED) is 0.377. The Bertz CT molecular complexity index is 1400. The average Bonchev–Trinajstić information content (AvgIpc) is 3.41. The maximum atomic E-state index is 12.8. The number of hydrogen-bond acceptors (Lipinski definition) is 7.